The molecule has 0 saturated heterocycles. The van der Waals surface area contributed by atoms with Crippen molar-refractivity contribution in [2.45, 2.75) is 42.5 Å². The third-order valence-electron chi connectivity index (χ3n) is 3.61. The van der Waals surface area contributed by atoms with Crippen LogP contribution in [0.1, 0.15) is 30.6 Å². The summed E-state index contributed by atoms with van der Waals surface area (Å²) in [5.41, 5.74) is 0. The Morgan fingerprint density at radius 3 is 2.33 bits per heavy atom. The van der Waals surface area contributed by atoms with Crippen molar-refractivity contribution in [1.29, 1.82) is 0 Å². The maximum absolute atomic E-state index is 12.3. The lowest BCUT2D eigenvalue weighted by molar-refractivity contribution is 0.285. The first-order valence-electron chi connectivity index (χ1n) is 6.32. The Morgan fingerprint density at radius 2 is 1.89 bits per heavy atom. The lowest BCUT2D eigenvalue weighted by atomic mass is 10.1. The summed E-state index contributed by atoms with van der Waals surface area (Å²) < 4.78 is 27.7. The molecule has 0 atom stereocenters. The van der Waals surface area contributed by atoms with Crippen molar-refractivity contribution < 1.29 is 13.5 Å². The number of aliphatic hydroxyl groups is 1. The summed E-state index contributed by atoms with van der Waals surface area (Å²) in [7, 11) is -3.40. The topological polar surface area (TPSA) is 66.4 Å². The Hall–Kier alpha value is -0.430. The molecule has 2 fully saturated rings. The highest BCUT2D eigenvalue weighted by Gasteiger charge is 2.43. The van der Waals surface area contributed by atoms with Crippen molar-refractivity contribution in [3.63, 3.8) is 0 Å². The van der Waals surface area contributed by atoms with E-state index in [2.05, 4.69) is 4.72 Å². The molecule has 2 aliphatic rings. The van der Waals surface area contributed by atoms with Gasteiger partial charge in [-0.3, -0.25) is 0 Å². The van der Waals surface area contributed by atoms with E-state index in [-0.39, 0.29) is 12.6 Å². The van der Waals surface area contributed by atoms with Crippen LogP contribution in [0.2, 0.25) is 0 Å². The molecule has 0 aliphatic heterocycles. The van der Waals surface area contributed by atoms with Crippen molar-refractivity contribution in [3.8, 4) is 0 Å². The monoisotopic (exact) mass is 287 g/mol. The lowest BCUT2D eigenvalue weighted by Crippen LogP contribution is -2.37. The smallest absolute Gasteiger partial charge is 0.250 e. The van der Waals surface area contributed by atoms with E-state index in [4.69, 9.17) is 5.11 Å². The summed E-state index contributed by atoms with van der Waals surface area (Å²) >= 11 is 1.15. The summed E-state index contributed by atoms with van der Waals surface area (Å²) in [5, 5.41) is 8.99. The molecule has 2 N–H and O–H groups in total. The van der Waals surface area contributed by atoms with E-state index >= 15 is 0 Å². The first-order chi connectivity index (χ1) is 8.60. The zero-order chi connectivity index (χ0) is 12.8. The Bertz CT molecular complexity index is 517. The number of aliphatic hydroxyl groups excluding tert-OH is 1. The van der Waals surface area contributed by atoms with Crippen molar-refractivity contribution >= 4 is 21.4 Å². The van der Waals surface area contributed by atoms with E-state index in [0.29, 0.717) is 20.9 Å². The van der Waals surface area contributed by atoms with Gasteiger partial charge in [0.15, 0.2) is 0 Å². The minimum absolute atomic E-state index is 0.102. The van der Waals surface area contributed by atoms with Gasteiger partial charge in [0.2, 0.25) is 10.0 Å². The second-order valence-electron chi connectivity index (χ2n) is 5.20. The van der Waals surface area contributed by atoms with Crippen LogP contribution in [0.25, 0.3) is 0 Å². The maximum Gasteiger partial charge on any atom is 0.250 e. The van der Waals surface area contributed by atoms with Gasteiger partial charge in [-0.25, -0.2) is 13.1 Å². The van der Waals surface area contributed by atoms with E-state index in [1.165, 1.54) is 0 Å². The summed E-state index contributed by atoms with van der Waals surface area (Å²) in [6.07, 6.45) is 4.60. The predicted molar refractivity (Wildman–Crippen MR) is 69.8 cm³/mol. The van der Waals surface area contributed by atoms with Crippen molar-refractivity contribution in [3.05, 3.63) is 17.0 Å². The highest BCUT2D eigenvalue weighted by molar-refractivity contribution is 7.91. The molecule has 1 heterocycles. The molecular weight excluding hydrogens is 270 g/mol. The fourth-order valence-electron chi connectivity index (χ4n) is 2.31. The zero-order valence-electron chi connectivity index (χ0n) is 10.0. The number of sulfonamides is 1. The molecule has 0 aromatic carbocycles. The first-order valence-corrected chi connectivity index (χ1v) is 8.62. The van der Waals surface area contributed by atoms with Gasteiger partial charge in [-0.05, 0) is 49.7 Å². The summed E-state index contributed by atoms with van der Waals surface area (Å²) in [6.45, 7) is -0.102. The Balaban J connectivity index is 1.76. The average Bonchev–Trinajstić information content (AvgIpc) is 3.24. The highest BCUT2D eigenvalue weighted by atomic mass is 32.2. The largest absolute Gasteiger partial charge is 0.391 e. The zero-order valence-corrected chi connectivity index (χ0v) is 11.6. The number of rotatable bonds is 6. The van der Waals surface area contributed by atoms with Crippen molar-refractivity contribution in [2.24, 2.45) is 11.8 Å². The third-order valence-corrected chi connectivity index (χ3v) is 6.63. The number of hydrogen-bond donors (Lipinski definition) is 2. The normalized spacial score (nSPS) is 20.6. The van der Waals surface area contributed by atoms with Gasteiger partial charge in [-0.15, -0.1) is 11.3 Å². The molecule has 100 valence electrons. The summed E-state index contributed by atoms with van der Waals surface area (Å²) in [5.74, 6) is 1.09. The molecular formula is C12H17NO3S2. The fraction of sp³-hybridized carbons (Fsp3) is 0.667. The van der Waals surface area contributed by atoms with Gasteiger partial charge < -0.3 is 5.11 Å². The molecule has 3 rings (SSSR count). The average molecular weight is 287 g/mol. The van der Waals surface area contributed by atoms with Crippen LogP contribution in [0.5, 0.6) is 0 Å². The summed E-state index contributed by atoms with van der Waals surface area (Å²) in [6, 6.07) is 3.38. The van der Waals surface area contributed by atoms with E-state index < -0.39 is 10.0 Å². The predicted octanol–water partition coefficient (Wildman–Crippen LogP) is 1.71. The van der Waals surface area contributed by atoms with Gasteiger partial charge >= 0.3 is 0 Å². The lowest BCUT2D eigenvalue weighted by Gasteiger charge is -2.16. The van der Waals surface area contributed by atoms with Crippen LogP contribution in [0, 0.1) is 11.8 Å². The van der Waals surface area contributed by atoms with Crippen molar-refractivity contribution in [2.75, 3.05) is 0 Å². The third kappa shape index (κ3) is 2.61. The Morgan fingerprint density at radius 1 is 1.28 bits per heavy atom. The molecule has 18 heavy (non-hydrogen) atoms. The molecule has 1 aromatic rings. The van der Waals surface area contributed by atoms with Crippen LogP contribution in [0.4, 0.5) is 0 Å². The van der Waals surface area contributed by atoms with Crippen LogP contribution in [-0.4, -0.2) is 19.6 Å². The Kier molecular flexibility index (Phi) is 3.21. The quantitative estimate of drug-likeness (QED) is 0.837. The van der Waals surface area contributed by atoms with Crippen LogP contribution < -0.4 is 4.72 Å². The van der Waals surface area contributed by atoms with E-state index in [9.17, 15) is 8.42 Å². The second-order valence-corrected chi connectivity index (χ2v) is 8.31. The van der Waals surface area contributed by atoms with Crippen molar-refractivity contribution in [1.82, 2.24) is 4.72 Å². The summed E-state index contributed by atoms with van der Waals surface area (Å²) in [4.78, 5) is 0.685. The van der Waals surface area contributed by atoms with Crippen LogP contribution >= 0.6 is 11.3 Å². The number of hydrogen-bond acceptors (Lipinski definition) is 4. The van der Waals surface area contributed by atoms with Crippen LogP contribution in [-0.2, 0) is 16.6 Å². The van der Waals surface area contributed by atoms with Gasteiger partial charge in [-0.1, -0.05) is 0 Å². The number of nitrogens with one attached hydrogen (secondary N) is 1. The number of thiophene rings is 1. The van der Waals surface area contributed by atoms with Crippen LogP contribution in [0.3, 0.4) is 0 Å². The molecule has 0 bridgehead atoms. The standard InChI is InChI=1S/C12H17NO3S2/c14-7-10-5-6-11(17-10)18(15,16)13-12(8-1-2-8)9-3-4-9/h5-6,8-9,12-14H,1-4,7H2. The van der Waals surface area contributed by atoms with E-state index in [1.807, 2.05) is 0 Å². The minimum atomic E-state index is -3.40. The van der Waals surface area contributed by atoms with Gasteiger partial charge in [0.1, 0.15) is 4.21 Å². The maximum atomic E-state index is 12.3. The molecule has 4 nitrogen and oxygen atoms in total. The molecule has 0 spiro atoms. The fourth-order valence-corrected chi connectivity index (χ4v) is 4.92. The van der Waals surface area contributed by atoms with Gasteiger partial charge in [0.05, 0.1) is 6.61 Å². The molecule has 6 heteroatoms. The SMILES string of the molecule is O=S(=O)(NC(C1CC1)C1CC1)c1ccc(CO)s1. The van der Waals surface area contributed by atoms with E-state index in [1.54, 1.807) is 12.1 Å². The molecule has 2 aliphatic carbocycles. The van der Waals surface area contributed by atoms with E-state index in [0.717, 1.165) is 37.0 Å². The minimum Gasteiger partial charge on any atom is -0.391 e. The molecule has 2 saturated carbocycles. The van der Waals surface area contributed by atoms with Gasteiger partial charge in [-0.2, -0.15) is 0 Å². The molecule has 0 radical (unpaired) electrons. The molecule has 0 amide bonds. The van der Waals surface area contributed by atoms with Gasteiger partial charge in [0, 0.05) is 10.9 Å². The highest BCUT2D eigenvalue weighted by Crippen LogP contribution is 2.45. The van der Waals surface area contributed by atoms with Gasteiger partial charge in [0.25, 0.3) is 0 Å². The van der Waals surface area contributed by atoms with Crippen LogP contribution in [0.15, 0.2) is 16.3 Å². The molecule has 1 aromatic heterocycles. The Labute approximate surface area is 111 Å². The second kappa shape index (κ2) is 4.59. The molecule has 0 unspecified atom stereocenters. The first kappa shape index (κ1) is 12.6.